The van der Waals surface area contributed by atoms with Crippen LogP contribution >= 0.6 is 0 Å². The summed E-state index contributed by atoms with van der Waals surface area (Å²) in [5, 5.41) is 14.6. The summed E-state index contributed by atoms with van der Waals surface area (Å²) < 4.78 is 5.18. The molecule has 232 valence electrons. The van der Waals surface area contributed by atoms with Gasteiger partial charge >= 0.3 is 12.1 Å². The minimum absolute atomic E-state index is 0. The van der Waals surface area contributed by atoms with E-state index in [2.05, 4.69) is 15.3 Å². The van der Waals surface area contributed by atoms with Gasteiger partial charge in [0.15, 0.2) is 6.04 Å². The van der Waals surface area contributed by atoms with Crippen molar-refractivity contribution in [3.8, 4) is 0 Å². The van der Waals surface area contributed by atoms with Crippen molar-refractivity contribution in [3.63, 3.8) is 0 Å². The first-order valence-electron chi connectivity index (χ1n) is 14.0. The van der Waals surface area contributed by atoms with E-state index < -0.39 is 41.9 Å². The number of amides is 3. The summed E-state index contributed by atoms with van der Waals surface area (Å²) >= 11 is 0. The molecule has 1 fully saturated rings. The molecule has 2 heterocycles. The van der Waals surface area contributed by atoms with E-state index in [1.54, 1.807) is 97.9 Å². The molecule has 1 N–H and O–H groups in total. The predicted octanol–water partition coefficient (Wildman–Crippen LogP) is 5.96. The largest absolute Gasteiger partial charge is 0.621 e. The van der Waals surface area contributed by atoms with Gasteiger partial charge in [-0.25, -0.2) is 14.5 Å². The molecular weight excluding hydrogens is 619 g/mol. The zero-order chi connectivity index (χ0) is 31.1. The summed E-state index contributed by atoms with van der Waals surface area (Å²) in [7, 11) is 0. The summed E-state index contributed by atoms with van der Waals surface area (Å²) in [6, 6.07) is 27.7. The molecule has 1 aliphatic rings. The van der Waals surface area contributed by atoms with E-state index in [0.717, 1.165) is 10.5 Å². The summed E-state index contributed by atoms with van der Waals surface area (Å²) in [6.07, 6.45) is 0.449. The fraction of sp³-hybridized carbons (Fsp3) is 0.176. The minimum Gasteiger partial charge on any atom is -0.621 e. The third kappa shape index (κ3) is 7.69. The molecule has 1 aromatic heterocycles. The molecule has 4 aromatic rings. The molecule has 0 saturated carbocycles. The number of benzene rings is 3. The number of para-hydroxylation sites is 1. The molecule has 3 atom stereocenters. The van der Waals surface area contributed by atoms with Crippen LogP contribution in [0.25, 0.3) is 5.32 Å². The topological polar surface area (TPSA) is 140 Å². The number of aliphatic imine (C=N–C) groups is 1. The third-order valence-electron chi connectivity index (χ3n) is 7.20. The quantitative estimate of drug-likeness (QED) is 0.165. The molecule has 3 unspecified atom stereocenters. The molecular formula is C34H29N4NiO6-. The number of rotatable bonds is 10. The predicted molar refractivity (Wildman–Crippen MR) is 163 cm³/mol. The van der Waals surface area contributed by atoms with Crippen molar-refractivity contribution < 1.29 is 45.5 Å². The second-order valence-corrected chi connectivity index (χ2v) is 10.2. The van der Waals surface area contributed by atoms with Crippen LogP contribution in [-0.2, 0) is 30.8 Å². The van der Waals surface area contributed by atoms with Gasteiger partial charge in [-0.3, -0.25) is 14.8 Å². The molecule has 3 aromatic carbocycles. The van der Waals surface area contributed by atoms with Crippen LogP contribution in [0.3, 0.4) is 0 Å². The fourth-order valence-electron chi connectivity index (χ4n) is 4.99. The van der Waals surface area contributed by atoms with Crippen molar-refractivity contribution in [2.24, 2.45) is 10.9 Å². The number of aliphatic carboxylic acids is 1. The molecule has 1 aliphatic heterocycles. The van der Waals surface area contributed by atoms with E-state index in [0.29, 0.717) is 11.1 Å². The van der Waals surface area contributed by atoms with E-state index in [1.165, 1.54) is 6.20 Å². The van der Waals surface area contributed by atoms with Crippen LogP contribution in [0, 0.1) is 5.92 Å². The van der Waals surface area contributed by atoms with Crippen molar-refractivity contribution in [1.29, 1.82) is 0 Å². The van der Waals surface area contributed by atoms with E-state index in [4.69, 9.17) is 4.74 Å². The SMILES string of the molecule is CC(CC(=O)N1C(=O)OCC1c1ccccc1)C(N=C(c1ccccc1)c1ccccc1[N-]C(=O)c1ccccn1)C(=O)O.[Ni]. The van der Waals surface area contributed by atoms with E-state index in [9.17, 15) is 24.3 Å². The van der Waals surface area contributed by atoms with Crippen molar-refractivity contribution in [2.75, 3.05) is 6.61 Å². The number of carbonyl (C=O) groups excluding carboxylic acids is 3. The van der Waals surface area contributed by atoms with Gasteiger partial charge in [0.05, 0.1) is 11.4 Å². The van der Waals surface area contributed by atoms with E-state index >= 15 is 0 Å². The number of hydrogen-bond donors (Lipinski definition) is 1. The van der Waals surface area contributed by atoms with Crippen LogP contribution in [0.4, 0.5) is 10.5 Å². The number of carboxylic acids is 1. The maximum Gasteiger partial charge on any atom is 0.417 e. The number of nitrogens with zero attached hydrogens (tertiary/aromatic N) is 4. The summed E-state index contributed by atoms with van der Waals surface area (Å²) in [4.78, 5) is 61.3. The second kappa shape index (κ2) is 15.0. The zero-order valence-corrected chi connectivity index (χ0v) is 25.1. The third-order valence-corrected chi connectivity index (χ3v) is 7.20. The molecule has 0 spiro atoms. The number of ether oxygens (including phenoxy) is 1. The van der Waals surface area contributed by atoms with Crippen molar-refractivity contribution in [3.05, 3.63) is 137 Å². The first-order valence-corrected chi connectivity index (χ1v) is 14.0. The molecule has 0 aliphatic carbocycles. The number of carboxylic acid groups (broad SMARTS) is 1. The number of hydrogen-bond acceptors (Lipinski definition) is 7. The Morgan fingerprint density at radius 3 is 2.27 bits per heavy atom. The smallest absolute Gasteiger partial charge is 0.417 e. The van der Waals surface area contributed by atoms with Gasteiger partial charge in [-0.15, -0.1) is 5.69 Å². The summed E-state index contributed by atoms with van der Waals surface area (Å²) in [5.41, 5.74) is 2.49. The molecule has 0 radical (unpaired) electrons. The maximum atomic E-state index is 13.4. The van der Waals surface area contributed by atoms with Crippen molar-refractivity contribution >= 4 is 35.3 Å². The molecule has 11 heteroatoms. The van der Waals surface area contributed by atoms with Gasteiger partial charge in [-0.05, 0) is 29.2 Å². The van der Waals surface area contributed by atoms with E-state index in [1.807, 2.05) is 12.1 Å². The minimum atomic E-state index is -1.37. The van der Waals surface area contributed by atoms with Crippen LogP contribution in [0.5, 0.6) is 0 Å². The Morgan fingerprint density at radius 1 is 0.956 bits per heavy atom. The van der Waals surface area contributed by atoms with Gasteiger partial charge in [0, 0.05) is 34.7 Å². The Hall–Kier alpha value is -5.15. The van der Waals surface area contributed by atoms with Crippen LogP contribution in [0.1, 0.15) is 46.6 Å². The Morgan fingerprint density at radius 2 is 1.60 bits per heavy atom. The Bertz CT molecular complexity index is 1680. The summed E-state index contributed by atoms with van der Waals surface area (Å²) in [5.74, 6) is -3.19. The first kappa shape index (κ1) is 32.8. The van der Waals surface area contributed by atoms with Gasteiger partial charge in [0.2, 0.25) is 5.91 Å². The Labute approximate surface area is 270 Å². The maximum absolute atomic E-state index is 13.4. The average Bonchev–Trinajstić information content (AvgIpc) is 3.44. The van der Waals surface area contributed by atoms with Crippen LogP contribution in [0.15, 0.2) is 114 Å². The molecule has 1 saturated heterocycles. The van der Waals surface area contributed by atoms with Crippen LogP contribution in [0.2, 0.25) is 0 Å². The molecule has 3 amide bonds. The monoisotopic (exact) mass is 647 g/mol. The number of cyclic esters (lactones) is 1. The van der Waals surface area contributed by atoms with Crippen molar-refractivity contribution in [2.45, 2.75) is 25.4 Å². The summed E-state index contributed by atoms with van der Waals surface area (Å²) in [6.45, 7) is 1.61. The number of aromatic nitrogens is 1. The van der Waals surface area contributed by atoms with Crippen molar-refractivity contribution in [1.82, 2.24) is 9.88 Å². The molecule has 10 nitrogen and oxygen atoms in total. The van der Waals surface area contributed by atoms with Gasteiger partial charge in [-0.1, -0.05) is 97.9 Å². The number of pyridine rings is 1. The number of carbonyl (C=O) groups is 4. The average molecular weight is 648 g/mol. The van der Waals surface area contributed by atoms with Gasteiger partial charge in [0.25, 0.3) is 0 Å². The number of imide groups is 1. The molecule has 45 heavy (non-hydrogen) atoms. The van der Waals surface area contributed by atoms with Gasteiger partial charge < -0.3 is 20.0 Å². The second-order valence-electron chi connectivity index (χ2n) is 10.2. The first-order chi connectivity index (χ1) is 21.3. The zero-order valence-electron chi connectivity index (χ0n) is 24.1. The fourth-order valence-corrected chi connectivity index (χ4v) is 4.99. The normalized spacial score (nSPS) is 15.8. The van der Waals surface area contributed by atoms with Crippen LogP contribution < -0.4 is 0 Å². The van der Waals surface area contributed by atoms with Gasteiger partial charge in [-0.2, -0.15) is 0 Å². The van der Waals surface area contributed by atoms with Crippen LogP contribution in [-0.4, -0.2) is 57.2 Å². The Balaban J connectivity index is 0.00000461. The standard InChI is InChI=1S/C34H30N4O6.Ni/c1-22(20-29(39)38-28(21-44-34(38)43)23-12-4-2-5-13-23)30(33(41)42)37-31(24-14-6-3-7-15-24)25-16-8-9-17-26(25)36-32(40)27-18-10-11-19-35-27;/h2-19,22,28,30H,20-21H2,1H3,(H2,36,37,40,41,42);/p-1. The van der Waals surface area contributed by atoms with Gasteiger partial charge in [0.1, 0.15) is 18.6 Å². The molecule has 0 bridgehead atoms. The molecule has 5 rings (SSSR count). The Kier molecular flexibility index (Phi) is 10.9. The van der Waals surface area contributed by atoms with E-state index in [-0.39, 0.29) is 46.6 Å².